The SMILES string of the molecule is CCCCCCCCCCCCCCCCCC(=O)Nc1ccc(CN(C)C)cc1. The highest BCUT2D eigenvalue weighted by Crippen LogP contribution is 2.15. The maximum absolute atomic E-state index is 12.1. The molecule has 0 saturated heterocycles. The van der Waals surface area contributed by atoms with Gasteiger partial charge < -0.3 is 10.2 Å². The zero-order valence-electron chi connectivity index (χ0n) is 20.2. The van der Waals surface area contributed by atoms with Crippen LogP contribution < -0.4 is 5.32 Å². The van der Waals surface area contributed by atoms with Crippen LogP contribution >= 0.6 is 0 Å². The minimum Gasteiger partial charge on any atom is -0.326 e. The van der Waals surface area contributed by atoms with Crippen molar-refractivity contribution in [2.45, 2.75) is 116 Å². The van der Waals surface area contributed by atoms with Crippen LogP contribution in [-0.2, 0) is 11.3 Å². The van der Waals surface area contributed by atoms with Gasteiger partial charge in [-0.3, -0.25) is 4.79 Å². The van der Waals surface area contributed by atoms with Gasteiger partial charge in [0.15, 0.2) is 0 Å². The quantitative estimate of drug-likeness (QED) is 0.232. The number of rotatable bonds is 19. The molecule has 0 fully saturated rings. The molecule has 0 aliphatic rings. The van der Waals surface area contributed by atoms with Crippen LogP contribution in [0.15, 0.2) is 24.3 Å². The number of unbranched alkanes of at least 4 members (excludes halogenated alkanes) is 14. The van der Waals surface area contributed by atoms with Crippen molar-refractivity contribution >= 4 is 11.6 Å². The standard InChI is InChI=1S/C27H48N2O/c1-4-5-6-7-8-9-10-11-12-13-14-15-16-17-18-19-27(30)28-26-22-20-25(21-23-26)24-29(2)3/h20-23H,4-19,24H2,1-3H3,(H,28,30). The van der Waals surface area contributed by atoms with Gasteiger partial charge in [0.05, 0.1) is 0 Å². The first-order chi connectivity index (χ1) is 14.6. The fraction of sp³-hybridized carbons (Fsp3) is 0.741. The summed E-state index contributed by atoms with van der Waals surface area (Å²) in [5.74, 6) is 0.144. The summed E-state index contributed by atoms with van der Waals surface area (Å²) in [6, 6.07) is 8.18. The summed E-state index contributed by atoms with van der Waals surface area (Å²) in [7, 11) is 4.12. The van der Waals surface area contributed by atoms with Gasteiger partial charge in [0.2, 0.25) is 5.91 Å². The van der Waals surface area contributed by atoms with Gasteiger partial charge in [0.25, 0.3) is 0 Å². The Morgan fingerprint density at radius 1 is 0.700 bits per heavy atom. The maximum atomic E-state index is 12.1. The van der Waals surface area contributed by atoms with Gasteiger partial charge in [-0.15, -0.1) is 0 Å². The van der Waals surface area contributed by atoms with Crippen molar-refractivity contribution < 1.29 is 4.79 Å². The molecule has 0 aliphatic heterocycles. The summed E-state index contributed by atoms with van der Waals surface area (Å²) in [5, 5.41) is 3.02. The number of amides is 1. The summed E-state index contributed by atoms with van der Waals surface area (Å²) in [4.78, 5) is 14.2. The van der Waals surface area contributed by atoms with Crippen molar-refractivity contribution in [1.29, 1.82) is 0 Å². The van der Waals surface area contributed by atoms with Gasteiger partial charge in [-0.25, -0.2) is 0 Å². The summed E-state index contributed by atoms with van der Waals surface area (Å²) in [6.07, 6.45) is 20.9. The predicted octanol–water partition coefficient (Wildman–Crippen LogP) is 7.95. The number of carbonyl (C=O) groups excluding carboxylic acids is 1. The smallest absolute Gasteiger partial charge is 0.224 e. The van der Waals surface area contributed by atoms with Crippen LogP contribution in [0.3, 0.4) is 0 Å². The highest BCUT2D eigenvalue weighted by atomic mass is 16.1. The van der Waals surface area contributed by atoms with E-state index in [1.54, 1.807) is 0 Å². The molecule has 1 amide bonds. The fourth-order valence-corrected chi connectivity index (χ4v) is 3.94. The lowest BCUT2D eigenvalue weighted by atomic mass is 10.0. The van der Waals surface area contributed by atoms with Crippen LogP contribution in [0.1, 0.15) is 115 Å². The molecular weight excluding hydrogens is 368 g/mol. The van der Waals surface area contributed by atoms with E-state index in [-0.39, 0.29) is 5.91 Å². The number of anilines is 1. The molecule has 1 rings (SSSR count). The molecule has 0 atom stereocenters. The molecule has 0 radical (unpaired) electrons. The summed E-state index contributed by atoms with van der Waals surface area (Å²) < 4.78 is 0. The van der Waals surface area contributed by atoms with Crippen molar-refractivity contribution in [2.24, 2.45) is 0 Å². The Kier molecular flexibility index (Phi) is 16.4. The second kappa shape index (κ2) is 18.4. The molecule has 1 N–H and O–H groups in total. The Balaban J connectivity index is 1.89. The molecule has 0 aromatic heterocycles. The van der Waals surface area contributed by atoms with Gasteiger partial charge >= 0.3 is 0 Å². The number of hydrogen-bond acceptors (Lipinski definition) is 2. The zero-order valence-corrected chi connectivity index (χ0v) is 20.2. The van der Waals surface area contributed by atoms with Crippen molar-refractivity contribution in [3.8, 4) is 0 Å². The molecule has 0 bridgehead atoms. The molecule has 1 aromatic carbocycles. The molecule has 1 aromatic rings. The summed E-state index contributed by atoms with van der Waals surface area (Å²) >= 11 is 0. The van der Waals surface area contributed by atoms with E-state index >= 15 is 0 Å². The lowest BCUT2D eigenvalue weighted by Crippen LogP contribution is -2.12. The predicted molar refractivity (Wildman–Crippen MR) is 132 cm³/mol. The number of hydrogen-bond donors (Lipinski definition) is 1. The van der Waals surface area contributed by atoms with E-state index in [9.17, 15) is 4.79 Å². The second-order valence-corrected chi connectivity index (χ2v) is 9.18. The maximum Gasteiger partial charge on any atom is 0.224 e. The van der Waals surface area contributed by atoms with Crippen molar-refractivity contribution in [2.75, 3.05) is 19.4 Å². The average molecular weight is 417 g/mol. The van der Waals surface area contributed by atoms with E-state index in [0.29, 0.717) is 6.42 Å². The summed E-state index contributed by atoms with van der Waals surface area (Å²) in [6.45, 7) is 3.21. The van der Waals surface area contributed by atoms with Crippen LogP contribution in [0.5, 0.6) is 0 Å². The third kappa shape index (κ3) is 15.5. The van der Waals surface area contributed by atoms with Crippen LogP contribution in [0.25, 0.3) is 0 Å². The minimum absolute atomic E-state index is 0.144. The number of benzene rings is 1. The first-order valence-electron chi connectivity index (χ1n) is 12.7. The van der Waals surface area contributed by atoms with Gasteiger partial charge in [-0.05, 0) is 38.2 Å². The fourth-order valence-electron chi connectivity index (χ4n) is 3.94. The zero-order chi connectivity index (χ0) is 21.9. The van der Waals surface area contributed by atoms with Crippen LogP contribution in [0, 0.1) is 0 Å². The summed E-state index contributed by atoms with van der Waals surface area (Å²) in [5.41, 5.74) is 2.17. The molecule has 0 spiro atoms. The topological polar surface area (TPSA) is 32.3 Å². The van der Waals surface area contributed by atoms with Gasteiger partial charge in [0.1, 0.15) is 0 Å². The highest BCUT2D eigenvalue weighted by molar-refractivity contribution is 5.90. The first kappa shape index (κ1) is 26.7. The molecule has 0 unspecified atom stereocenters. The molecule has 3 nitrogen and oxygen atoms in total. The molecule has 3 heteroatoms. The van der Waals surface area contributed by atoms with Gasteiger partial charge in [-0.1, -0.05) is 109 Å². The molecule has 172 valence electrons. The third-order valence-corrected chi connectivity index (χ3v) is 5.74. The lowest BCUT2D eigenvalue weighted by Gasteiger charge is -2.10. The van der Waals surface area contributed by atoms with Crippen molar-refractivity contribution in [1.82, 2.24) is 4.90 Å². The van der Waals surface area contributed by atoms with Crippen molar-refractivity contribution in [3.05, 3.63) is 29.8 Å². The van der Waals surface area contributed by atoms with E-state index in [4.69, 9.17) is 0 Å². The van der Waals surface area contributed by atoms with E-state index in [1.807, 2.05) is 12.1 Å². The highest BCUT2D eigenvalue weighted by Gasteiger charge is 2.03. The Bertz CT molecular complexity index is 524. The second-order valence-electron chi connectivity index (χ2n) is 9.18. The van der Waals surface area contributed by atoms with E-state index < -0.39 is 0 Å². The minimum atomic E-state index is 0.144. The van der Waals surface area contributed by atoms with Crippen LogP contribution in [0.4, 0.5) is 5.69 Å². The Hall–Kier alpha value is -1.35. The molecule has 0 saturated carbocycles. The normalized spacial score (nSPS) is 11.2. The van der Waals surface area contributed by atoms with Gasteiger partial charge in [0, 0.05) is 18.7 Å². The van der Waals surface area contributed by atoms with Crippen molar-refractivity contribution in [3.63, 3.8) is 0 Å². The third-order valence-electron chi connectivity index (χ3n) is 5.74. The first-order valence-corrected chi connectivity index (χ1v) is 12.7. The number of nitrogens with zero attached hydrogens (tertiary/aromatic N) is 1. The van der Waals surface area contributed by atoms with Crippen LogP contribution in [-0.4, -0.2) is 24.9 Å². The van der Waals surface area contributed by atoms with E-state index in [2.05, 4.69) is 43.4 Å². The van der Waals surface area contributed by atoms with E-state index in [0.717, 1.165) is 18.7 Å². The number of carbonyl (C=O) groups is 1. The van der Waals surface area contributed by atoms with E-state index in [1.165, 1.54) is 95.5 Å². The molecule has 30 heavy (non-hydrogen) atoms. The molecular formula is C27H48N2O. The lowest BCUT2D eigenvalue weighted by molar-refractivity contribution is -0.116. The Morgan fingerprint density at radius 2 is 1.13 bits per heavy atom. The van der Waals surface area contributed by atoms with Crippen LogP contribution in [0.2, 0.25) is 0 Å². The largest absolute Gasteiger partial charge is 0.326 e. The van der Waals surface area contributed by atoms with Gasteiger partial charge in [-0.2, -0.15) is 0 Å². The molecule has 0 heterocycles. The monoisotopic (exact) mass is 416 g/mol. The Labute approximate surface area is 187 Å². The Morgan fingerprint density at radius 3 is 1.57 bits per heavy atom. The number of nitrogens with one attached hydrogen (secondary N) is 1. The average Bonchev–Trinajstić information content (AvgIpc) is 2.72. The molecule has 0 aliphatic carbocycles.